The molecule has 0 unspecified atom stereocenters. The Hall–Kier alpha value is -1.10. The molecule has 0 aliphatic rings. The molecule has 0 saturated heterocycles. The smallest absolute Gasteiger partial charge is 0.383 e. The van der Waals surface area contributed by atoms with Gasteiger partial charge in [0.2, 0.25) is 0 Å². The van der Waals surface area contributed by atoms with Gasteiger partial charge in [0.25, 0.3) is 0 Å². The van der Waals surface area contributed by atoms with Gasteiger partial charge in [-0.25, -0.2) is 0 Å². The van der Waals surface area contributed by atoms with Gasteiger partial charge in [0.15, 0.2) is 6.10 Å². The normalized spacial score (nSPS) is 14.1. The van der Waals surface area contributed by atoms with Gasteiger partial charge in [-0.15, -0.1) is 0 Å². The van der Waals surface area contributed by atoms with Gasteiger partial charge < -0.3 is 5.11 Å². The topological polar surface area (TPSA) is 33.1 Å². The van der Waals surface area contributed by atoms with Crippen LogP contribution in [0.5, 0.6) is 0 Å². The van der Waals surface area contributed by atoms with Crippen LogP contribution in [0.15, 0.2) is 18.2 Å². The van der Waals surface area contributed by atoms with Gasteiger partial charge in [0, 0.05) is 17.8 Å². The van der Waals surface area contributed by atoms with Gasteiger partial charge >= 0.3 is 6.18 Å². The van der Waals surface area contributed by atoms with Crippen LogP contribution in [0.25, 0.3) is 0 Å². The molecule has 1 aromatic heterocycles. The minimum Gasteiger partial charge on any atom is -0.383 e. The number of aliphatic hydroxyl groups is 1. The van der Waals surface area contributed by atoms with Crippen LogP contribution in [0.4, 0.5) is 13.2 Å². The monoisotopic (exact) mass is 205 g/mol. The number of hydrogen-bond acceptors (Lipinski definition) is 2. The molecule has 0 bridgehead atoms. The first-order chi connectivity index (χ1) is 6.39. The highest BCUT2D eigenvalue weighted by Crippen LogP contribution is 2.22. The first-order valence-corrected chi connectivity index (χ1v) is 4.07. The molecule has 1 aromatic rings. The largest absolute Gasteiger partial charge is 0.414 e. The molecule has 0 aromatic carbocycles. The zero-order chi connectivity index (χ0) is 10.8. The Bertz CT molecular complexity index is 311. The number of aryl methyl sites for hydroxylation is 1. The van der Waals surface area contributed by atoms with Crippen molar-refractivity contribution in [3.8, 4) is 0 Å². The number of hydrogen-bond donors (Lipinski definition) is 1. The number of aromatic nitrogens is 1. The maximum Gasteiger partial charge on any atom is 0.414 e. The third kappa shape index (κ3) is 2.99. The first-order valence-electron chi connectivity index (χ1n) is 4.07. The van der Waals surface area contributed by atoms with E-state index in [-0.39, 0.29) is 5.69 Å². The molecular weight excluding hydrogens is 195 g/mol. The van der Waals surface area contributed by atoms with Gasteiger partial charge in [-0.3, -0.25) is 4.98 Å². The molecule has 14 heavy (non-hydrogen) atoms. The molecule has 1 N–H and O–H groups in total. The van der Waals surface area contributed by atoms with E-state index in [1.54, 1.807) is 19.1 Å². The van der Waals surface area contributed by atoms with E-state index in [9.17, 15) is 13.2 Å². The summed E-state index contributed by atoms with van der Waals surface area (Å²) < 4.78 is 35.9. The SMILES string of the molecule is Cc1cccc(C[C@@H](O)C(F)(F)F)n1. The predicted molar refractivity (Wildman–Crippen MR) is 44.7 cm³/mol. The fourth-order valence-corrected chi connectivity index (χ4v) is 1.03. The van der Waals surface area contributed by atoms with Crippen LogP contribution in [-0.4, -0.2) is 22.4 Å². The summed E-state index contributed by atoms with van der Waals surface area (Å²) in [6.07, 6.45) is -7.41. The van der Waals surface area contributed by atoms with Crippen LogP contribution in [0, 0.1) is 6.92 Å². The Morgan fingerprint density at radius 2 is 2.07 bits per heavy atom. The molecule has 0 aliphatic heterocycles. The van der Waals surface area contributed by atoms with Crippen molar-refractivity contribution in [1.82, 2.24) is 4.98 Å². The van der Waals surface area contributed by atoms with E-state index in [2.05, 4.69) is 4.98 Å². The molecule has 0 fully saturated rings. The summed E-state index contributed by atoms with van der Waals surface area (Å²) >= 11 is 0. The molecule has 1 rings (SSSR count). The summed E-state index contributed by atoms with van der Waals surface area (Å²) in [5, 5.41) is 8.77. The number of aliphatic hydroxyl groups excluding tert-OH is 1. The maximum absolute atomic E-state index is 12.0. The average molecular weight is 205 g/mol. The molecule has 0 spiro atoms. The van der Waals surface area contributed by atoms with Crippen LogP contribution >= 0.6 is 0 Å². The minimum absolute atomic E-state index is 0.245. The molecule has 5 heteroatoms. The van der Waals surface area contributed by atoms with Crippen molar-refractivity contribution < 1.29 is 18.3 Å². The summed E-state index contributed by atoms with van der Waals surface area (Å²) in [4.78, 5) is 3.87. The molecule has 78 valence electrons. The van der Waals surface area contributed by atoms with E-state index < -0.39 is 18.7 Å². The zero-order valence-electron chi connectivity index (χ0n) is 7.54. The van der Waals surface area contributed by atoms with Crippen molar-refractivity contribution in [3.63, 3.8) is 0 Å². The lowest BCUT2D eigenvalue weighted by Crippen LogP contribution is -2.30. The number of rotatable bonds is 2. The molecule has 0 radical (unpaired) electrons. The summed E-state index contributed by atoms with van der Waals surface area (Å²) in [5.41, 5.74) is 0.881. The van der Waals surface area contributed by atoms with E-state index in [4.69, 9.17) is 5.11 Å². The van der Waals surface area contributed by atoms with E-state index in [0.29, 0.717) is 5.69 Å². The van der Waals surface area contributed by atoms with Gasteiger partial charge in [-0.1, -0.05) is 6.07 Å². The van der Waals surface area contributed by atoms with E-state index >= 15 is 0 Å². The third-order valence-electron chi connectivity index (χ3n) is 1.73. The highest BCUT2D eigenvalue weighted by Gasteiger charge is 2.38. The minimum atomic E-state index is -4.58. The predicted octanol–water partition coefficient (Wildman–Crippen LogP) is 1.86. The summed E-state index contributed by atoms with van der Waals surface area (Å²) in [5.74, 6) is 0. The lowest BCUT2D eigenvalue weighted by molar-refractivity contribution is -0.203. The summed E-state index contributed by atoms with van der Waals surface area (Å²) in [7, 11) is 0. The van der Waals surface area contributed by atoms with Crippen LogP contribution < -0.4 is 0 Å². The second-order valence-corrected chi connectivity index (χ2v) is 3.03. The molecule has 0 saturated carbocycles. The Balaban J connectivity index is 2.70. The van der Waals surface area contributed by atoms with Gasteiger partial charge in [-0.05, 0) is 19.1 Å². The van der Waals surface area contributed by atoms with Crippen molar-refractivity contribution in [2.24, 2.45) is 0 Å². The molecule has 2 nitrogen and oxygen atoms in total. The number of pyridine rings is 1. The molecular formula is C9H10F3NO. The Labute approximate surface area is 79.4 Å². The fraction of sp³-hybridized carbons (Fsp3) is 0.444. The van der Waals surface area contributed by atoms with E-state index in [0.717, 1.165) is 0 Å². The van der Waals surface area contributed by atoms with Crippen molar-refractivity contribution in [3.05, 3.63) is 29.6 Å². The summed E-state index contributed by atoms with van der Waals surface area (Å²) in [6, 6.07) is 4.76. The quantitative estimate of drug-likeness (QED) is 0.799. The standard InChI is InChI=1S/C9H10F3NO/c1-6-3-2-4-7(13-6)5-8(14)9(10,11)12/h2-4,8,14H,5H2,1H3/t8-/m1/s1. The number of halogens is 3. The van der Waals surface area contributed by atoms with Crippen molar-refractivity contribution in [1.29, 1.82) is 0 Å². The average Bonchev–Trinajstić information content (AvgIpc) is 2.02. The summed E-state index contributed by atoms with van der Waals surface area (Å²) in [6.45, 7) is 1.68. The maximum atomic E-state index is 12.0. The lowest BCUT2D eigenvalue weighted by Gasteiger charge is -2.13. The Morgan fingerprint density at radius 3 is 2.57 bits per heavy atom. The molecule has 1 heterocycles. The third-order valence-corrected chi connectivity index (χ3v) is 1.73. The van der Waals surface area contributed by atoms with Gasteiger partial charge in [0.1, 0.15) is 0 Å². The zero-order valence-corrected chi connectivity index (χ0v) is 7.54. The van der Waals surface area contributed by atoms with Crippen molar-refractivity contribution in [2.45, 2.75) is 25.6 Å². The van der Waals surface area contributed by atoms with Crippen LogP contribution in [0.2, 0.25) is 0 Å². The molecule has 1 atom stereocenters. The second-order valence-electron chi connectivity index (χ2n) is 3.03. The van der Waals surface area contributed by atoms with E-state index in [1.165, 1.54) is 6.07 Å². The fourth-order valence-electron chi connectivity index (χ4n) is 1.03. The first kappa shape index (κ1) is 11.0. The van der Waals surface area contributed by atoms with Crippen molar-refractivity contribution in [2.75, 3.05) is 0 Å². The second kappa shape index (κ2) is 3.96. The lowest BCUT2D eigenvalue weighted by atomic mass is 10.1. The number of alkyl halides is 3. The van der Waals surface area contributed by atoms with Crippen LogP contribution in [0.1, 0.15) is 11.4 Å². The molecule has 0 amide bonds. The van der Waals surface area contributed by atoms with Gasteiger partial charge in [-0.2, -0.15) is 13.2 Å². The molecule has 0 aliphatic carbocycles. The Kier molecular flexibility index (Phi) is 3.10. The highest BCUT2D eigenvalue weighted by atomic mass is 19.4. The van der Waals surface area contributed by atoms with E-state index in [1.807, 2.05) is 0 Å². The Morgan fingerprint density at radius 1 is 1.43 bits per heavy atom. The van der Waals surface area contributed by atoms with Crippen LogP contribution in [0.3, 0.4) is 0 Å². The van der Waals surface area contributed by atoms with Crippen LogP contribution in [-0.2, 0) is 6.42 Å². The highest BCUT2D eigenvalue weighted by molar-refractivity contribution is 5.10. The van der Waals surface area contributed by atoms with Gasteiger partial charge in [0.05, 0.1) is 0 Å². The number of nitrogens with zero attached hydrogens (tertiary/aromatic N) is 1. The van der Waals surface area contributed by atoms with Crippen molar-refractivity contribution >= 4 is 0 Å².